The summed E-state index contributed by atoms with van der Waals surface area (Å²) in [5.74, 6) is -0.452. The van der Waals surface area contributed by atoms with Crippen molar-refractivity contribution in [2.45, 2.75) is 33.6 Å². The van der Waals surface area contributed by atoms with E-state index in [1.54, 1.807) is 6.07 Å². The number of aromatic nitrogens is 2. The van der Waals surface area contributed by atoms with Crippen LogP contribution < -0.4 is 0 Å². The van der Waals surface area contributed by atoms with Crippen molar-refractivity contribution in [1.29, 1.82) is 0 Å². The van der Waals surface area contributed by atoms with Gasteiger partial charge in [-0.1, -0.05) is 73.6 Å². The van der Waals surface area contributed by atoms with Crippen LogP contribution in [0, 0.1) is 12.3 Å². The molecule has 0 amide bonds. The first-order valence-electron chi connectivity index (χ1n) is 10.8. The molecule has 1 aliphatic carbocycles. The van der Waals surface area contributed by atoms with E-state index in [9.17, 15) is 4.79 Å². The van der Waals surface area contributed by atoms with Crippen molar-refractivity contribution >= 4 is 22.5 Å². The highest BCUT2D eigenvalue weighted by atomic mass is 16.7. The van der Waals surface area contributed by atoms with E-state index in [1.807, 2.05) is 78.3 Å². The highest BCUT2D eigenvalue weighted by molar-refractivity contribution is 6.06. The fourth-order valence-electron chi connectivity index (χ4n) is 4.58. The molecule has 0 bridgehead atoms. The summed E-state index contributed by atoms with van der Waals surface area (Å²) in [6.45, 7) is 6.39. The Balaban J connectivity index is 1.53. The molecule has 3 aromatic carbocycles. The van der Waals surface area contributed by atoms with Crippen LogP contribution in [0.3, 0.4) is 0 Å². The first kappa shape index (κ1) is 20.2. The van der Waals surface area contributed by atoms with E-state index in [1.165, 1.54) is 0 Å². The summed E-state index contributed by atoms with van der Waals surface area (Å²) < 4.78 is 1.99. The largest absolute Gasteiger partial charge is 0.366 e. The number of hydrogen-bond acceptors (Lipinski definition) is 4. The lowest BCUT2D eigenvalue weighted by atomic mass is 9.75. The highest BCUT2D eigenvalue weighted by Crippen LogP contribution is 2.37. The summed E-state index contributed by atoms with van der Waals surface area (Å²) in [5, 5.41) is 11.0. The van der Waals surface area contributed by atoms with Gasteiger partial charge in [-0.25, -0.2) is 9.48 Å². The highest BCUT2D eigenvalue weighted by Gasteiger charge is 2.35. The normalized spacial score (nSPS) is 16.2. The molecule has 4 aromatic rings. The quantitative estimate of drug-likeness (QED) is 0.306. The zero-order chi connectivity index (χ0) is 22.3. The zero-order valence-corrected chi connectivity index (χ0v) is 18.5. The summed E-state index contributed by atoms with van der Waals surface area (Å²) in [6.07, 6.45) is 1.58. The maximum absolute atomic E-state index is 12.9. The van der Waals surface area contributed by atoms with Crippen LogP contribution in [0.5, 0.6) is 0 Å². The van der Waals surface area contributed by atoms with Crippen LogP contribution in [0.2, 0.25) is 0 Å². The lowest BCUT2D eigenvalue weighted by molar-refractivity contribution is 0.0516. The minimum absolute atomic E-state index is 0.0311. The predicted molar refractivity (Wildman–Crippen MR) is 126 cm³/mol. The monoisotopic (exact) mass is 423 g/mol. The molecule has 1 aliphatic rings. The maximum Gasteiger partial charge on any atom is 0.366 e. The molecular formula is C27H25N3O2. The van der Waals surface area contributed by atoms with Gasteiger partial charge in [0.25, 0.3) is 0 Å². The topological polar surface area (TPSA) is 56.5 Å². The molecule has 0 radical (unpaired) electrons. The van der Waals surface area contributed by atoms with Crippen LogP contribution in [0.1, 0.15) is 47.6 Å². The minimum Gasteiger partial charge on any atom is -0.312 e. The molecule has 1 aromatic heterocycles. The average molecular weight is 424 g/mol. The second-order valence-electron chi connectivity index (χ2n) is 9.12. The lowest BCUT2D eigenvalue weighted by Crippen LogP contribution is -2.29. The molecule has 1 heterocycles. The third-order valence-electron chi connectivity index (χ3n) is 5.99. The van der Waals surface area contributed by atoms with E-state index in [0.717, 1.165) is 45.5 Å². The van der Waals surface area contributed by atoms with Gasteiger partial charge in [0.15, 0.2) is 0 Å². The molecule has 160 valence electrons. The summed E-state index contributed by atoms with van der Waals surface area (Å²) in [4.78, 5) is 18.4. The molecule has 0 saturated carbocycles. The predicted octanol–water partition coefficient (Wildman–Crippen LogP) is 5.87. The van der Waals surface area contributed by atoms with E-state index >= 15 is 0 Å². The van der Waals surface area contributed by atoms with Gasteiger partial charge < -0.3 is 4.84 Å². The van der Waals surface area contributed by atoms with Gasteiger partial charge in [-0.05, 0) is 54.2 Å². The van der Waals surface area contributed by atoms with Gasteiger partial charge in [-0.15, -0.1) is 0 Å². The number of hydrogen-bond donors (Lipinski definition) is 0. The van der Waals surface area contributed by atoms with Crippen molar-refractivity contribution in [3.8, 4) is 5.69 Å². The van der Waals surface area contributed by atoms with Crippen molar-refractivity contribution < 1.29 is 9.63 Å². The van der Waals surface area contributed by atoms with Gasteiger partial charge in [0, 0.05) is 5.56 Å². The standard InChI is InChI=1S/C27H25N3O2/c1-18-25-23(29-32-26(31)22-15-9-11-19-10-7-8-14-21(19)22)16-27(2,3)17-24(25)30(28-18)20-12-5-4-6-13-20/h4-15H,16-17H2,1-3H3/b29-23+. The Hall–Kier alpha value is -3.73. The van der Waals surface area contributed by atoms with E-state index < -0.39 is 5.97 Å². The Bertz CT molecular complexity index is 1340. The average Bonchev–Trinajstić information content (AvgIpc) is 3.12. The summed E-state index contributed by atoms with van der Waals surface area (Å²) in [7, 11) is 0. The Kier molecular flexibility index (Phi) is 4.89. The number of rotatable bonds is 3. The van der Waals surface area contributed by atoms with Crippen LogP contribution in [-0.2, 0) is 11.3 Å². The number of para-hydroxylation sites is 1. The van der Waals surface area contributed by atoms with E-state index in [4.69, 9.17) is 9.94 Å². The molecule has 0 atom stereocenters. The van der Waals surface area contributed by atoms with Gasteiger partial charge >= 0.3 is 5.97 Å². The van der Waals surface area contributed by atoms with Crippen molar-refractivity contribution in [2.24, 2.45) is 10.6 Å². The van der Waals surface area contributed by atoms with Crippen molar-refractivity contribution in [1.82, 2.24) is 9.78 Å². The van der Waals surface area contributed by atoms with Gasteiger partial charge in [-0.2, -0.15) is 5.10 Å². The maximum atomic E-state index is 12.9. The van der Waals surface area contributed by atoms with Crippen molar-refractivity contribution in [2.75, 3.05) is 0 Å². The Morgan fingerprint density at radius 3 is 2.50 bits per heavy atom. The second kappa shape index (κ2) is 7.75. The number of oxime groups is 1. The van der Waals surface area contributed by atoms with Gasteiger partial charge in [-0.3, -0.25) is 0 Å². The molecule has 5 rings (SSSR count). The number of carbonyl (C=O) groups is 1. The van der Waals surface area contributed by atoms with E-state index in [2.05, 4.69) is 19.0 Å². The number of nitrogens with zero attached hydrogens (tertiary/aromatic N) is 3. The molecule has 0 fully saturated rings. The van der Waals surface area contributed by atoms with Crippen LogP contribution in [0.25, 0.3) is 16.5 Å². The molecule has 0 N–H and O–H groups in total. The number of fused-ring (bicyclic) bond motifs is 2. The summed E-state index contributed by atoms with van der Waals surface area (Å²) in [5.41, 5.74) is 5.24. The van der Waals surface area contributed by atoms with Crippen LogP contribution in [-0.4, -0.2) is 21.5 Å². The van der Waals surface area contributed by atoms with Gasteiger partial charge in [0.2, 0.25) is 0 Å². The number of carbonyl (C=O) groups excluding carboxylic acids is 1. The third-order valence-corrected chi connectivity index (χ3v) is 5.99. The summed E-state index contributed by atoms with van der Waals surface area (Å²) in [6, 6.07) is 23.5. The Morgan fingerprint density at radius 1 is 0.969 bits per heavy atom. The number of benzene rings is 3. The first-order valence-corrected chi connectivity index (χ1v) is 10.8. The van der Waals surface area contributed by atoms with Crippen molar-refractivity contribution in [3.05, 3.63) is 95.3 Å². The second-order valence-corrected chi connectivity index (χ2v) is 9.12. The van der Waals surface area contributed by atoms with E-state index in [0.29, 0.717) is 12.0 Å². The fourth-order valence-corrected chi connectivity index (χ4v) is 4.58. The fraction of sp³-hybridized carbons (Fsp3) is 0.222. The molecule has 0 spiro atoms. The van der Waals surface area contributed by atoms with Crippen LogP contribution in [0.4, 0.5) is 0 Å². The van der Waals surface area contributed by atoms with Crippen LogP contribution >= 0.6 is 0 Å². The minimum atomic E-state index is -0.452. The van der Waals surface area contributed by atoms with Crippen LogP contribution in [0.15, 0.2) is 78.0 Å². The summed E-state index contributed by atoms with van der Waals surface area (Å²) >= 11 is 0. The lowest BCUT2D eigenvalue weighted by Gasteiger charge is -2.30. The number of aryl methyl sites for hydroxylation is 1. The zero-order valence-electron chi connectivity index (χ0n) is 18.5. The SMILES string of the molecule is Cc1nn(-c2ccccc2)c2c1/C(=N/OC(=O)c1cccc3ccccc13)CC(C)(C)C2. The molecular weight excluding hydrogens is 398 g/mol. The molecule has 5 heteroatoms. The molecule has 0 aliphatic heterocycles. The molecule has 5 nitrogen and oxygen atoms in total. The smallest absolute Gasteiger partial charge is 0.312 e. The third kappa shape index (κ3) is 3.60. The first-order chi connectivity index (χ1) is 15.4. The molecule has 32 heavy (non-hydrogen) atoms. The Morgan fingerprint density at radius 2 is 1.69 bits per heavy atom. The Labute approximate surface area is 187 Å². The van der Waals surface area contributed by atoms with Crippen molar-refractivity contribution in [3.63, 3.8) is 0 Å². The van der Waals surface area contributed by atoms with E-state index in [-0.39, 0.29) is 5.41 Å². The van der Waals surface area contributed by atoms with Gasteiger partial charge in [0.1, 0.15) is 0 Å². The molecule has 0 unspecified atom stereocenters. The van der Waals surface area contributed by atoms with Gasteiger partial charge in [0.05, 0.1) is 28.4 Å². The molecule has 0 saturated heterocycles.